The Bertz CT molecular complexity index is 561. The Balaban J connectivity index is 2.53. The lowest BCUT2D eigenvalue weighted by Crippen LogP contribution is -1.98. The van der Waals surface area contributed by atoms with Crippen LogP contribution in [0.5, 0.6) is 5.75 Å². The minimum atomic E-state index is -1.04. The van der Waals surface area contributed by atoms with Crippen molar-refractivity contribution in [3.05, 3.63) is 35.7 Å². The number of imidazole rings is 1. The number of methoxy groups -OCH3 is 1. The van der Waals surface area contributed by atoms with E-state index < -0.39 is 5.97 Å². The summed E-state index contributed by atoms with van der Waals surface area (Å²) < 4.78 is 5.20. The Hall–Kier alpha value is -2.30. The molecule has 0 unspecified atom stereocenters. The number of hydrogen-bond donors (Lipinski definition) is 2. The highest BCUT2D eigenvalue weighted by Gasteiger charge is 2.16. The average Bonchev–Trinajstić information content (AvgIpc) is 2.71. The number of ether oxygens (including phenoxy) is 1. The summed E-state index contributed by atoms with van der Waals surface area (Å²) in [5, 5.41) is 8.94. The zero-order valence-electron chi connectivity index (χ0n) is 9.52. The fourth-order valence-electron chi connectivity index (χ4n) is 1.64. The minimum Gasteiger partial charge on any atom is -0.496 e. The molecule has 1 aromatic carbocycles. The zero-order valence-corrected chi connectivity index (χ0v) is 9.52. The van der Waals surface area contributed by atoms with Gasteiger partial charge in [0.05, 0.1) is 12.7 Å². The average molecular weight is 232 g/mol. The molecule has 0 aliphatic rings. The fraction of sp³-hybridized carbons (Fsp3) is 0.167. The number of aromatic amines is 1. The molecule has 0 radical (unpaired) electrons. The molecule has 2 aromatic rings. The van der Waals surface area contributed by atoms with E-state index in [9.17, 15) is 4.79 Å². The maximum atomic E-state index is 10.9. The van der Waals surface area contributed by atoms with Crippen LogP contribution < -0.4 is 4.74 Å². The molecule has 0 aliphatic heterocycles. The molecule has 0 saturated heterocycles. The van der Waals surface area contributed by atoms with E-state index in [4.69, 9.17) is 9.84 Å². The number of carbonyl (C=O) groups is 1. The predicted molar refractivity (Wildman–Crippen MR) is 62.3 cm³/mol. The van der Waals surface area contributed by atoms with Gasteiger partial charge in [0.2, 0.25) is 0 Å². The maximum absolute atomic E-state index is 10.9. The number of carboxylic acids is 1. The molecule has 0 bridgehead atoms. The fourth-order valence-corrected chi connectivity index (χ4v) is 1.64. The van der Waals surface area contributed by atoms with Crippen LogP contribution in [-0.2, 0) is 0 Å². The number of benzene rings is 1. The first-order valence-electron chi connectivity index (χ1n) is 5.06. The Morgan fingerprint density at radius 3 is 2.71 bits per heavy atom. The van der Waals surface area contributed by atoms with Gasteiger partial charge in [-0.05, 0) is 19.1 Å². The van der Waals surface area contributed by atoms with E-state index in [1.54, 1.807) is 20.1 Å². The third-order valence-corrected chi connectivity index (χ3v) is 2.45. The number of para-hydroxylation sites is 1. The van der Waals surface area contributed by atoms with Gasteiger partial charge in [0, 0.05) is 5.69 Å². The normalized spacial score (nSPS) is 10.2. The molecule has 17 heavy (non-hydrogen) atoms. The van der Waals surface area contributed by atoms with Crippen molar-refractivity contribution in [1.29, 1.82) is 0 Å². The van der Waals surface area contributed by atoms with Crippen LogP contribution in [-0.4, -0.2) is 28.2 Å². The Morgan fingerprint density at radius 2 is 2.12 bits per heavy atom. The summed E-state index contributed by atoms with van der Waals surface area (Å²) in [6.07, 6.45) is 0. The molecule has 0 fully saturated rings. The highest BCUT2D eigenvalue weighted by Crippen LogP contribution is 2.27. The number of H-pyrrole nitrogens is 1. The number of aromatic nitrogens is 2. The molecule has 88 valence electrons. The highest BCUT2D eigenvalue weighted by molar-refractivity contribution is 5.87. The van der Waals surface area contributed by atoms with Crippen molar-refractivity contribution in [3.63, 3.8) is 0 Å². The van der Waals surface area contributed by atoms with Crippen LogP contribution in [0, 0.1) is 6.92 Å². The second-order valence-corrected chi connectivity index (χ2v) is 3.56. The van der Waals surface area contributed by atoms with Crippen molar-refractivity contribution in [2.24, 2.45) is 0 Å². The van der Waals surface area contributed by atoms with Gasteiger partial charge in [0.25, 0.3) is 0 Å². The van der Waals surface area contributed by atoms with Crippen LogP contribution in [0.1, 0.15) is 16.2 Å². The Labute approximate surface area is 98.1 Å². The van der Waals surface area contributed by atoms with Gasteiger partial charge in [-0.15, -0.1) is 0 Å². The quantitative estimate of drug-likeness (QED) is 0.849. The van der Waals surface area contributed by atoms with Crippen LogP contribution in [0.3, 0.4) is 0 Å². The van der Waals surface area contributed by atoms with E-state index in [1.165, 1.54) is 0 Å². The summed E-state index contributed by atoms with van der Waals surface area (Å²) >= 11 is 0. The summed E-state index contributed by atoms with van der Waals surface area (Å²) in [6, 6.07) is 7.31. The summed E-state index contributed by atoms with van der Waals surface area (Å²) in [7, 11) is 1.56. The Morgan fingerprint density at radius 1 is 1.41 bits per heavy atom. The first-order valence-corrected chi connectivity index (χ1v) is 5.06. The lowest BCUT2D eigenvalue weighted by molar-refractivity contribution is 0.0690. The number of nitrogens with zero attached hydrogens (tertiary/aromatic N) is 1. The summed E-state index contributed by atoms with van der Waals surface area (Å²) in [5.74, 6) is 0.107. The van der Waals surface area contributed by atoms with Gasteiger partial charge in [-0.25, -0.2) is 9.78 Å². The lowest BCUT2D eigenvalue weighted by Gasteiger charge is -2.04. The summed E-state index contributed by atoms with van der Waals surface area (Å²) in [6.45, 7) is 1.68. The van der Waals surface area contributed by atoms with Gasteiger partial charge in [-0.1, -0.05) is 12.1 Å². The zero-order chi connectivity index (χ0) is 12.4. The van der Waals surface area contributed by atoms with E-state index in [2.05, 4.69) is 9.97 Å². The van der Waals surface area contributed by atoms with Crippen molar-refractivity contribution in [2.75, 3.05) is 7.11 Å². The number of aromatic carboxylic acids is 1. The van der Waals surface area contributed by atoms with Gasteiger partial charge in [0.1, 0.15) is 11.6 Å². The van der Waals surface area contributed by atoms with Gasteiger partial charge in [-0.3, -0.25) is 0 Å². The number of hydrogen-bond acceptors (Lipinski definition) is 3. The number of nitrogens with one attached hydrogen (secondary N) is 1. The van der Waals surface area contributed by atoms with Crippen LogP contribution in [0.25, 0.3) is 11.4 Å². The van der Waals surface area contributed by atoms with Crippen molar-refractivity contribution in [3.8, 4) is 17.1 Å². The third kappa shape index (κ3) is 1.99. The largest absolute Gasteiger partial charge is 0.496 e. The summed E-state index contributed by atoms with van der Waals surface area (Å²) in [4.78, 5) is 17.9. The maximum Gasteiger partial charge on any atom is 0.356 e. The van der Waals surface area contributed by atoms with Crippen molar-refractivity contribution >= 4 is 5.97 Å². The van der Waals surface area contributed by atoms with E-state index in [1.807, 2.05) is 18.2 Å². The molecule has 5 nitrogen and oxygen atoms in total. The smallest absolute Gasteiger partial charge is 0.356 e. The highest BCUT2D eigenvalue weighted by atomic mass is 16.5. The molecule has 0 amide bonds. The monoisotopic (exact) mass is 232 g/mol. The molecule has 2 rings (SSSR count). The van der Waals surface area contributed by atoms with E-state index in [0.717, 1.165) is 5.56 Å². The van der Waals surface area contributed by atoms with Crippen LogP contribution in [0.4, 0.5) is 0 Å². The molecular weight excluding hydrogens is 220 g/mol. The molecule has 1 heterocycles. The molecule has 0 aliphatic carbocycles. The van der Waals surface area contributed by atoms with Crippen LogP contribution >= 0.6 is 0 Å². The topological polar surface area (TPSA) is 75.2 Å². The SMILES string of the molecule is COc1ccccc1-c1nc(C(=O)O)c(C)[nH]1. The molecule has 0 spiro atoms. The summed E-state index contributed by atoms with van der Waals surface area (Å²) in [5.41, 5.74) is 1.30. The van der Waals surface area contributed by atoms with Crippen LogP contribution in [0.2, 0.25) is 0 Å². The van der Waals surface area contributed by atoms with Crippen molar-refractivity contribution < 1.29 is 14.6 Å². The van der Waals surface area contributed by atoms with Gasteiger partial charge in [-0.2, -0.15) is 0 Å². The number of carboxylic acid groups (broad SMARTS) is 1. The van der Waals surface area contributed by atoms with Gasteiger partial charge in [0.15, 0.2) is 5.69 Å². The number of rotatable bonds is 3. The molecule has 0 atom stereocenters. The first kappa shape index (κ1) is 11.2. The Kier molecular flexibility index (Phi) is 2.82. The minimum absolute atomic E-state index is 0.0332. The third-order valence-electron chi connectivity index (χ3n) is 2.45. The van der Waals surface area contributed by atoms with Gasteiger partial charge < -0.3 is 14.8 Å². The molecule has 0 saturated carbocycles. The lowest BCUT2D eigenvalue weighted by atomic mass is 10.2. The van der Waals surface area contributed by atoms with E-state index in [-0.39, 0.29) is 5.69 Å². The first-order chi connectivity index (χ1) is 8.13. The molecule has 2 N–H and O–H groups in total. The predicted octanol–water partition coefficient (Wildman–Crippen LogP) is 2.09. The van der Waals surface area contributed by atoms with Crippen molar-refractivity contribution in [2.45, 2.75) is 6.92 Å². The number of aryl methyl sites for hydroxylation is 1. The van der Waals surface area contributed by atoms with E-state index >= 15 is 0 Å². The molecule has 1 aromatic heterocycles. The molecular formula is C12H12N2O3. The standard InChI is InChI=1S/C12H12N2O3/c1-7-10(12(15)16)14-11(13-7)8-5-3-4-6-9(8)17-2/h3-6H,1-2H3,(H,13,14)(H,15,16). The molecule has 5 heteroatoms. The second kappa shape index (κ2) is 4.29. The van der Waals surface area contributed by atoms with Crippen LogP contribution in [0.15, 0.2) is 24.3 Å². The van der Waals surface area contributed by atoms with Crippen molar-refractivity contribution in [1.82, 2.24) is 9.97 Å². The van der Waals surface area contributed by atoms with E-state index in [0.29, 0.717) is 17.3 Å². The van der Waals surface area contributed by atoms with Gasteiger partial charge >= 0.3 is 5.97 Å². The second-order valence-electron chi connectivity index (χ2n) is 3.56.